The number of nitrogens with zero attached hydrogens (tertiary/aromatic N) is 1. The van der Waals surface area contributed by atoms with Crippen LogP contribution in [0.2, 0.25) is 0 Å². The van der Waals surface area contributed by atoms with Crippen molar-refractivity contribution in [3.8, 4) is 0 Å². The number of benzene rings is 2. The van der Waals surface area contributed by atoms with Crippen molar-refractivity contribution in [2.24, 2.45) is 0 Å². The summed E-state index contributed by atoms with van der Waals surface area (Å²) in [7, 11) is 1.37. The number of carbonyl (C=O) groups is 1. The highest BCUT2D eigenvalue weighted by Crippen LogP contribution is 2.26. The third kappa shape index (κ3) is 4.28. The van der Waals surface area contributed by atoms with Gasteiger partial charge in [-0.3, -0.25) is 0 Å². The minimum atomic E-state index is -0.379. The summed E-state index contributed by atoms with van der Waals surface area (Å²) in [5, 5.41) is 3.22. The molecule has 1 fully saturated rings. The first-order valence-corrected chi connectivity index (χ1v) is 8.21. The Morgan fingerprint density at radius 3 is 2.76 bits per heavy atom. The molecule has 0 saturated carbocycles. The van der Waals surface area contributed by atoms with E-state index in [2.05, 4.69) is 10.2 Å². The summed E-state index contributed by atoms with van der Waals surface area (Å²) >= 11 is 0. The summed E-state index contributed by atoms with van der Waals surface area (Å²) in [6.45, 7) is 3.22. The Kier molecular flexibility index (Phi) is 5.50. The first-order valence-electron chi connectivity index (χ1n) is 8.21. The molecule has 1 aliphatic heterocycles. The largest absolute Gasteiger partial charge is 0.465 e. The van der Waals surface area contributed by atoms with E-state index in [-0.39, 0.29) is 11.8 Å². The van der Waals surface area contributed by atoms with Crippen LogP contribution in [0, 0.1) is 5.82 Å². The van der Waals surface area contributed by atoms with E-state index in [1.54, 1.807) is 12.1 Å². The lowest BCUT2D eigenvalue weighted by Crippen LogP contribution is -2.37. The normalized spacial score (nSPS) is 14.2. The van der Waals surface area contributed by atoms with Crippen LogP contribution in [0.3, 0.4) is 0 Å². The smallest absolute Gasteiger partial charge is 0.340 e. The highest BCUT2D eigenvalue weighted by molar-refractivity contribution is 5.97. The lowest BCUT2D eigenvalue weighted by atomic mass is 10.1. The lowest BCUT2D eigenvalue weighted by Gasteiger charge is -2.30. The molecule has 1 N–H and O–H groups in total. The lowest BCUT2D eigenvalue weighted by molar-refractivity contribution is 0.0600. The minimum absolute atomic E-state index is 0.266. The molecule has 1 aliphatic rings. The minimum Gasteiger partial charge on any atom is -0.465 e. The van der Waals surface area contributed by atoms with Crippen molar-refractivity contribution in [3.63, 3.8) is 0 Å². The van der Waals surface area contributed by atoms with Crippen molar-refractivity contribution in [2.75, 3.05) is 43.6 Å². The summed E-state index contributed by atoms with van der Waals surface area (Å²) in [4.78, 5) is 14.3. The van der Waals surface area contributed by atoms with Crippen molar-refractivity contribution in [1.29, 1.82) is 0 Å². The van der Waals surface area contributed by atoms with Crippen LogP contribution in [0.5, 0.6) is 0 Å². The van der Waals surface area contributed by atoms with E-state index in [1.807, 2.05) is 18.2 Å². The van der Waals surface area contributed by atoms with E-state index in [4.69, 9.17) is 9.47 Å². The fourth-order valence-electron chi connectivity index (χ4n) is 2.85. The Hall–Kier alpha value is -2.60. The molecule has 1 heterocycles. The molecule has 0 aromatic heterocycles. The Morgan fingerprint density at radius 2 is 2.04 bits per heavy atom. The van der Waals surface area contributed by atoms with Gasteiger partial charge in [0.15, 0.2) is 0 Å². The number of hydrogen-bond acceptors (Lipinski definition) is 5. The van der Waals surface area contributed by atoms with Gasteiger partial charge in [-0.15, -0.1) is 0 Å². The van der Waals surface area contributed by atoms with Crippen LogP contribution in [-0.4, -0.2) is 39.4 Å². The van der Waals surface area contributed by atoms with E-state index in [9.17, 15) is 9.18 Å². The molecule has 2 aromatic rings. The number of morpholine rings is 1. The highest BCUT2D eigenvalue weighted by Gasteiger charge is 2.19. The molecule has 0 radical (unpaired) electrons. The second-order valence-corrected chi connectivity index (χ2v) is 5.81. The van der Waals surface area contributed by atoms with Crippen LogP contribution in [0.4, 0.5) is 15.8 Å². The second kappa shape index (κ2) is 7.98. The SMILES string of the molecule is COC(=O)c1cc(NCc2cccc(F)c2)ccc1N1CCOCC1. The highest BCUT2D eigenvalue weighted by atomic mass is 19.1. The van der Waals surface area contributed by atoms with E-state index in [0.29, 0.717) is 25.3 Å². The monoisotopic (exact) mass is 344 g/mol. The molecule has 132 valence electrons. The van der Waals surface area contributed by atoms with Gasteiger partial charge < -0.3 is 19.7 Å². The molecule has 0 spiro atoms. The van der Waals surface area contributed by atoms with E-state index < -0.39 is 0 Å². The van der Waals surface area contributed by atoms with Gasteiger partial charge in [-0.05, 0) is 35.9 Å². The van der Waals surface area contributed by atoms with Gasteiger partial charge in [-0.2, -0.15) is 0 Å². The topological polar surface area (TPSA) is 50.8 Å². The van der Waals surface area contributed by atoms with E-state index >= 15 is 0 Å². The maximum atomic E-state index is 13.3. The number of rotatable bonds is 5. The number of methoxy groups -OCH3 is 1. The summed E-state index contributed by atoms with van der Waals surface area (Å²) in [5.74, 6) is -0.645. The summed E-state index contributed by atoms with van der Waals surface area (Å²) in [6, 6.07) is 12.0. The maximum Gasteiger partial charge on any atom is 0.340 e. The molecular formula is C19H21FN2O3. The fourth-order valence-corrected chi connectivity index (χ4v) is 2.85. The average molecular weight is 344 g/mol. The number of ether oxygens (including phenoxy) is 2. The molecule has 0 aliphatic carbocycles. The first-order chi connectivity index (χ1) is 12.2. The first kappa shape index (κ1) is 17.2. The zero-order valence-corrected chi connectivity index (χ0v) is 14.1. The van der Waals surface area contributed by atoms with Crippen molar-refractivity contribution in [3.05, 3.63) is 59.4 Å². The molecule has 25 heavy (non-hydrogen) atoms. The number of anilines is 2. The summed E-state index contributed by atoms with van der Waals surface area (Å²) < 4.78 is 23.6. The summed E-state index contributed by atoms with van der Waals surface area (Å²) in [6.07, 6.45) is 0. The van der Waals surface area contributed by atoms with Crippen molar-refractivity contribution in [1.82, 2.24) is 0 Å². The fraction of sp³-hybridized carbons (Fsp3) is 0.316. The standard InChI is InChI=1S/C19H21FN2O3/c1-24-19(23)17-12-16(21-13-14-3-2-4-15(20)11-14)5-6-18(17)22-7-9-25-10-8-22/h2-6,11-12,21H,7-10,13H2,1H3. The van der Waals surface area contributed by atoms with Crippen LogP contribution >= 0.6 is 0 Å². The van der Waals surface area contributed by atoms with Gasteiger partial charge in [-0.25, -0.2) is 9.18 Å². The van der Waals surface area contributed by atoms with Gasteiger partial charge in [0.25, 0.3) is 0 Å². The predicted octanol–water partition coefficient (Wildman–Crippen LogP) is 3.06. The summed E-state index contributed by atoms with van der Waals surface area (Å²) in [5.41, 5.74) is 2.96. The van der Waals surface area contributed by atoms with E-state index in [0.717, 1.165) is 30.0 Å². The third-order valence-corrected chi connectivity index (χ3v) is 4.14. The molecule has 0 unspecified atom stereocenters. The van der Waals surface area contributed by atoms with Gasteiger partial charge in [-0.1, -0.05) is 12.1 Å². The average Bonchev–Trinajstić information content (AvgIpc) is 2.66. The second-order valence-electron chi connectivity index (χ2n) is 5.81. The molecule has 1 saturated heterocycles. The molecule has 5 nitrogen and oxygen atoms in total. The Balaban J connectivity index is 1.79. The van der Waals surface area contributed by atoms with Crippen molar-refractivity contribution < 1.29 is 18.7 Å². The maximum absolute atomic E-state index is 13.3. The number of nitrogens with one attached hydrogen (secondary N) is 1. The van der Waals surface area contributed by atoms with Crippen LogP contribution < -0.4 is 10.2 Å². The van der Waals surface area contributed by atoms with Crippen molar-refractivity contribution >= 4 is 17.3 Å². The number of carbonyl (C=O) groups excluding carboxylic acids is 1. The zero-order chi connectivity index (χ0) is 17.6. The van der Waals surface area contributed by atoms with Crippen LogP contribution in [0.15, 0.2) is 42.5 Å². The molecular weight excluding hydrogens is 323 g/mol. The molecule has 0 atom stereocenters. The third-order valence-electron chi connectivity index (χ3n) is 4.14. The van der Waals surface area contributed by atoms with Gasteiger partial charge in [0.2, 0.25) is 0 Å². The predicted molar refractivity (Wildman–Crippen MR) is 94.5 cm³/mol. The molecule has 3 rings (SSSR count). The number of hydrogen-bond donors (Lipinski definition) is 1. The molecule has 6 heteroatoms. The molecule has 2 aromatic carbocycles. The van der Waals surface area contributed by atoms with Crippen LogP contribution in [0.1, 0.15) is 15.9 Å². The van der Waals surface area contributed by atoms with Gasteiger partial charge in [0.05, 0.1) is 31.6 Å². The zero-order valence-electron chi connectivity index (χ0n) is 14.1. The van der Waals surface area contributed by atoms with E-state index in [1.165, 1.54) is 19.2 Å². The van der Waals surface area contributed by atoms with Crippen LogP contribution in [-0.2, 0) is 16.0 Å². The number of halogens is 1. The quantitative estimate of drug-likeness (QED) is 0.845. The van der Waals surface area contributed by atoms with Gasteiger partial charge in [0.1, 0.15) is 5.82 Å². The Labute approximate surface area is 146 Å². The molecule has 0 amide bonds. The number of esters is 1. The van der Waals surface area contributed by atoms with Crippen LogP contribution in [0.25, 0.3) is 0 Å². The Bertz CT molecular complexity index is 745. The molecule has 0 bridgehead atoms. The van der Waals surface area contributed by atoms with Crippen molar-refractivity contribution in [2.45, 2.75) is 6.54 Å². The Morgan fingerprint density at radius 1 is 1.24 bits per heavy atom. The van der Waals surface area contributed by atoms with Gasteiger partial charge in [0, 0.05) is 25.3 Å². The van der Waals surface area contributed by atoms with Gasteiger partial charge >= 0.3 is 5.97 Å².